The van der Waals surface area contributed by atoms with Crippen LogP contribution in [0.3, 0.4) is 0 Å². The molecule has 1 saturated heterocycles. The minimum atomic E-state index is 0.323. The second-order valence-corrected chi connectivity index (χ2v) is 6.41. The monoisotopic (exact) mass is 314 g/mol. The number of aromatic amines is 1. The van der Waals surface area contributed by atoms with Gasteiger partial charge in [-0.25, -0.2) is 4.98 Å². The molecule has 1 aliphatic heterocycles. The van der Waals surface area contributed by atoms with Crippen LogP contribution in [0, 0.1) is 0 Å². The highest BCUT2D eigenvalue weighted by atomic mass is 16.5. The number of nitrogens with one attached hydrogen (secondary N) is 2. The van der Waals surface area contributed by atoms with Crippen LogP contribution in [0.15, 0.2) is 36.7 Å². The van der Waals surface area contributed by atoms with Crippen LogP contribution >= 0.6 is 0 Å². The number of ether oxygens (including phenoxy) is 1. The van der Waals surface area contributed by atoms with Crippen molar-refractivity contribution in [1.29, 1.82) is 0 Å². The molecule has 1 fully saturated rings. The van der Waals surface area contributed by atoms with Gasteiger partial charge in [-0.3, -0.25) is 4.90 Å². The van der Waals surface area contributed by atoms with Crippen molar-refractivity contribution >= 4 is 0 Å². The fourth-order valence-corrected chi connectivity index (χ4v) is 3.15. The molecule has 124 valence electrons. The fraction of sp³-hybridized carbons (Fsp3) is 0.500. The SMILES string of the molecule is CC1CN(Cc2ccc(CNCc3ncc[nH]3)cc2)CC(C)O1. The number of H-pyrrole nitrogens is 1. The third-order valence-corrected chi connectivity index (χ3v) is 4.10. The van der Waals surface area contributed by atoms with E-state index in [2.05, 4.69) is 58.3 Å². The Balaban J connectivity index is 1.47. The third kappa shape index (κ3) is 4.89. The lowest BCUT2D eigenvalue weighted by atomic mass is 10.1. The van der Waals surface area contributed by atoms with Crippen molar-refractivity contribution in [3.8, 4) is 0 Å². The van der Waals surface area contributed by atoms with E-state index in [0.29, 0.717) is 12.2 Å². The molecule has 0 amide bonds. The second kappa shape index (κ2) is 7.73. The Morgan fingerprint density at radius 2 is 1.83 bits per heavy atom. The Kier molecular flexibility index (Phi) is 5.43. The van der Waals surface area contributed by atoms with Gasteiger partial charge in [0.2, 0.25) is 0 Å². The van der Waals surface area contributed by atoms with E-state index in [1.54, 1.807) is 6.20 Å². The summed E-state index contributed by atoms with van der Waals surface area (Å²) < 4.78 is 5.79. The van der Waals surface area contributed by atoms with E-state index in [1.807, 2.05) is 6.20 Å². The van der Waals surface area contributed by atoms with E-state index < -0.39 is 0 Å². The zero-order chi connectivity index (χ0) is 16.1. The highest BCUT2D eigenvalue weighted by molar-refractivity contribution is 5.22. The minimum Gasteiger partial charge on any atom is -0.373 e. The molecule has 1 aromatic carbocycles. The second-order valence-electron chi connectivity index (χ2n) is 6.41. The van der Waals surface area contributed by atoms with E-state index in [1.165, 1.54) is 11.1 Å². The number of nitrogens with zero attached hydrogens (tertiary/aromatic N) is 2. The maximum Gasteiger partial charge on any atom is 0.120 e. The molecule has 2 atom stereocenters. The standard InChI is InChI=1S/C18H26N4O/c1-14-11-22(12-15(2)23-14)13-17-5-3-16(4-6-17)9-19-10-18-20-7-8-21-18/h3-8,14-15,19H,9-13H2,1-2H3,(H,20,21). The number of aromatic nitrogens is 2. The van der Waals surface area contributed by atoms with Crippen LogP contribution in [-0.2, 0) is 24.4 Å². The highest BCUT2D eigenvalue weighted by Gasteiger charge is 2.21. The van der Waals surface area contributed by atoms with Crippen LogP contribution < -0.4 is 5.32 Å². The summed E-state index contributed by atoms with van der Waals surface area (Å²) in [7, 11) is 0. The van der Waals surface area contributed by atoms with Crippen molar-refractivity contribution in [3.05, 3.63) is 53.6 Å². The van der Waals surface area contributed by atoms with Gasteiger partial charge in [0.1, 0.15) is 5.82 Å². The zero-order valence-corrected chi connectivity index (χ0v) is 14.0. The molecule has 23 heavy (non-hydrogen) atoms. The molecule has 0 saturated carbocycles. The zero-order valence-electron chi connectivity index (χ0n) is 14.0. The Bertz CT molecular complexity index is 572. The van der Waals surface area contributed by atoms with Crippen molar-refractivity contribution in [2.75, 3.05) is 13.1 Å². The molecule has 3 rings (SSSR count). The van der Waals surface area contributed by atoms with Gasteiger partial charge in [0.05, 0.1) is 18.8 Å². The van der Waals surface area contributed by atoms with Gasteiger partial charge in [-0.1, -0.05) is 24.3 Å². The first kappa shape index (κ1) is 16.2. The average Bonchev–Trinajstić information content (AvgIpc) is 3.01. The van der Waals surface area contributed by atoms with Crippen molar-refractivity contribution in [3.63, 3.8) is 0 Å². The van der Waals surface area contributed by atoms with E-state index >= 15 is 0 Å². The largest absolute Gasteiger partial charge is 0.373 e. The number of imidazole rings is 1. The molecule has 0 aliphatic carbocycles. The molecule has 1 aromatic heterocycles. The van der Waals surface area contributed by atoms with Gasteiger partial charge in [-0.2, -0.15) is 0 Å². The lowest BCUT2D eigenvalue weighted by Crippen LogP contribution is -2.44. The average molecular weight is 314 g/mol. The highest BCUT2D eigenvalue weighted by Crippen LogP contribution is 2.14. The molecule has 0 bridgehead atoms. The first-order chi connectivity index (χ1) is 11.2. The fourth-order valence-electron chi connectivity index (χ4n) is 3.15. The van der Waals surface area contributed by atoms with Gasteiger partial charge in [0.25, 0.3) is 0 Å². The lowest BCUT2D eigenvalue weighted by Gasteiger charge is -2.35. The maximum absolute atomic E-state index is 5.79. The molecule has 2 heterocycles. The lowest BCUT2D eigenvalue weighted by molar-refractivity contribution is -0.0704. The Hall–Kier alpha value is -1.69. The van der Waals surface area contributed by atoms with Gasteiger partial charge in [0, 0.05) is 38.6 Å². The van der Waals surface area contributed by atoms with Crippen LogP contribution in [0.25, 0.3) is 0 Å². The Morgan fingerprint density at radius 3 is 2.48 bits per heavy atom. The third-order valence-electron chi connectivity index (χ3n) is 4.10. The van der Waals surface area contributed by atoms with Crippen LogP contribution in [0.1, 0.15) is 30.8 Å². The van der Waals surface area contributed by atoms with E-state index in [4.69, 9.17) is 4.74 Å². The molecule has 2 unspecified atom stereocenters. The van der Waals surface area contributed by atoms with Crippen LogP contribution in [0.5, 0.6) is 0 Å². The van der Waals surface area contributed by atoms with Gasteiger partial charge in [-0.15, -0.1) is 0 Å². The predicted octanol–water partition coefficient (Wildman–Crippen LogP) is 2.31. The number of rotatable bonds is 6. The first-order valence-corrected chi connectivity index (χ1v) is 8.33. The molecule has 2 aromatic rings. The molecule has 2 N–H and O–H groups in total. The minimum absolute atomic E-state index is 0.323. The molecule has 0 spiro atoms. The van der Waals surface area contributed by atoms with Crippen LogP contribution in [0.2, 0.25) is 0 Å². The first-order valence-electron chi connectivity index (χ1n) is 8.33. The Morgan fingerprint density at radius 1 is 1.13 bits per heavy atom. The molecule has 5 heteroatoms. The molecule has 5 nitrogen and oxygen atoms in total. The van der Waals surface area contributed by atoms with Gasteiger partial charge in [-0.05, 0) is 25.0 Å². The topological polar surface area (TPSA) is 53.2 Å². The van der Waals surface area contributed by atoms with Gasteiger partial charge in [0.15, 0.2) is 0 Å². The van der Waals surface area contributed by atoms with Crippen molar-refractivity contribution in [2.24, 2.45) is 0 Å². The summed E-state index contributed by atoms with van der Waals surface area (Å²) >= 11 is 0. The summed E-state index contributed by atoms with van der Waals surface area (Å²) in [5, 5.41) is 3.40. The van der Waals surface area contributed by atoms with Crippen LogP contribution in [-0.4, -0.2) is 40.2 Å². The smallest absolute Gasteiger partial charge is 0.120 e. The number of benzene rings is 1. The number of hydrogen-bond donors (Lipinski definition) is 2. The number of hydrogen-bond acceptors (Lipinski definition) is 4. The summed E-state index contributed by atoms with van der Waals surface area (Å²) in [5.74, 6) is 0.970. The maximum atomic E-state index is 5.79. The van der Waals surface area contributed by atoms with Gasteiger partial charge < -0.3 is 15.0 Å². The summed E-state index contributed by atoms with van der Waals surface area (Å²) in [5.41, 5.74) is 2.66. The van der Waals surface area contributed by atoms with Crippen LogP contribution in [0.4, 0.5) is 0 Å². The van der Waals surface area contributed by atoms with E-state index in [-0.39, 0.29) is 0 Å². The summed E-state index contributed by atoms with van der Waals surface area (Å²) in [6.45, 7) is 8.93. The molecular weight excluding hydrogens is 288 g/mol. The normalized spacial score (nSPS) is 22.3. The molecule has 1 aliphatic rings. The summed E-state index contributed by atoms with van der Waals surface area (Å²) in [6.07, 6.45) is 4.27. The number of morpholine rings is 1. The summed E-state index contributed by atoms with van der Waals surface area (Å²) in [6, 6.07) is 8.87. The van der Waals surface area contributed by atoms with E-state index in [0.717, 1.165) is 38.5 Å². The van der Waals surface area contributed by atoms with Crippen molar-refractivity contribution in [1.82, 2.24) is 20.2 Å². The molecule has 0 radical (unpaired) electrons. The van der Waals surface area contributed by atoms with E-state index in [9.17, 15) is 0 Å². The predicted molar refractivity (Wildman–Crippen MR) is 90.9 cm³/mol. The quantitative estimate of drug-likeness (QED) is 0.859. The molecular formula is C18H26N4O. The van der Waals surface area contributed by atoms with Crippen molar-refractivity contribution < 1.29 is 4.74 Å². The Labute approximate surface area is 138 Å². The van der Waals surface area contributed by atoms with Crippen molar-refractivity contribution in [2.45, 2.75) is 45.7 Å². The summed E-state index contributed by atoms with van der Waals surface area (Å²) in [4.78, 5) is 9.78. The van der Waals surface area contributed by atoms with Gasteiger partial charge >= 0.3 is 0 Å².